The summed E-state index contributed by atoms with van der Waals surface area (Å²) in [6.07, 6.45) is 0.420. The maximum atomic E-state index is 13.0. The van der Waals surface area contributed by atoms with Gasteiger partial charge in [0.2, 0.25) is 5.91 Å². The van der Waals surface area contributed by atoms with Crippen LogP contribution in [0.3, 0.4) is 0 Å². The van der Waals surface area contributed by atoms with Gasteiger partial charge in [0, 0.05) is 20.1 Å². The molecule has 2 aliphatic rings. The molecule has 0 bridgehead atoms. The molecular formula is C24H26N4O5S. The lowest BCUT2D eigenvalue weighted by atomic mass is 9.99. The SMILES string of the molecule is COc1cc2c(cc1OC)CN(C(=O)CSc1nnc([C@H]3COc4ccccc4O3)n1C)CC2. The number of thioether (sulfide) groups is 1. The van der Waals surface area contributed by atoms with Crippen molar-refractivity contribution >= 4 is 17.7 Å². The van der Waals surface area contributed by atoms with Gasteiger partial charge in [0.1, 0.15) is 6.61 Å². The number of methoxy groups -OCH3 is 2. The first kappa shape index (κ1) is 22.4. The van der Waals surface area contributed by atoms with E-state index in [1.807, 2.05) is 52.9 Å². The molecule has 2 aliphatic heterocycles. The fraction of sp³-hybridized carbons (Fsp3) is 0.375. The van der Waals surface area contributed by atoms with E-state index in [1.165, 1.54) is 17.3 Å². The Hall–Kier alpha value is -3.40. The number of para-hydroxylation sites is 2. The van der Waals surface area contributed by atoms with Gasteiger partial charge in [0.05, 0.1) is 20.0 Å². The molecule has 0 saturated carbocycles. The maximum Gasteiger partial charge on any atom is 0.233 e. The molecule has 0 aliphatic carbocycles. The molecule has 3 heterocycles. The fourth-order valence-corrected chi connectivity index (χ4v) is 5.01. The Kier molecular flexibility index (Phi) is 6.23. The summed E-state index contributed by atoms with van der Waals surface area (Å²) in [7, 11) is 5.12. The van der Waals surface area contributed by atoms with Gasteiger partial charge in [-0.1, -0.05) is 23.9 Å². The molecule has 0 N–H and O–H groups in total. The standard InChI is InChI=1S/C24H26N4O5S/c1-27-23(21-13-32-17-6-4-5-7-18(17)33-21)25-26-24(27)34-14-22(29)28-9-8-15-10-19(30-2)20(31-3)11-16(15)12-28/h4-7,10-11,21H,8-9,12-14H2,1-3H3/t21-/m1/s1. The number of fused-ring (bicyclic) bond motifs is 2. The lowest BCUT2D eigenvalue weighted by Crippen LogP contribution is -2.37. The molecule has 0 fully saturated rings. The van der Waals surface area contributed by atoms with Crippen LogP contribution >= 0.6 is 11.8 Å². The molecule has 3 aromatic rings. The molecule has 0 unspecified atom stereocenters. The minimum absolute atomic E-state index is 0.0566. The molecule has 0 radical (unpaired) electrons. The van der Waals surface area contributed by atoms with E-state index in [4.69, 9.17) is 18.9 Å². The number of benzene rings is 2. The number of aromatic nitrogens is 3. The molecular weight excluding hydrogens is 456 g/mol. The van der Waals surface area contributed by atoms with Crippen molar-refractivity contribution in [3.8, 4) is 23.0 Å². The number of hydrogen-bond acceptors (Lipinski definition) is 8. The number of carbonyl (C=O) groups excluding carboxylic acids is 1. The largest absolute Gasteiger partial charge is 0.493 e. The van der Waals surface area contributed by atoms with E-state index < -0.39 is 0 Å². The second-order valence-electron chi connectivity index (χ2n) is 8.09. The smallest absolute Gasteiger partial charge is 0.233 e. The zero-order valence-corrected chi connectivity index (χ0v) is 20.1. The summed E-state index contributed by atoms with van der Waals surface area (Å²) >= 11 is 1.37. The van der Waals surface area contributed by atoms with E-state index >= 15 is 0 Å². The van der Waals surface area contributed by atoms with Crippen LogP contribution in [0.5, 0.6) is 23.0 Å². The first-order valence-electron chi connectivity index (χ1n) is 11.0. The van der Waals surface area contributed by atoms with Crippen LogP contribution in [0, 0.1) is 0 Å². The third-order valence-electron chi connectivity index (χ3n) is 6.06. The molecule has 1 aromatic heterocycles. The van der Waals surface area contributed by atoms with Crippen molar-refractivity contribution in [3.05, 3.63) is 53.3 Å². The lowest BCUT2D eigenvalue weighted by molar-refractivity contribution is -0.129. The monoisotopic (exact) mass is 482 g/mol. The molecule has 1 amide bonds. The van der Waals surface area contributed by atoms with Crippen LogP contribution in [0.2, 0.25) is 0 Å². The number of ether oxygens (including phenoxy) is 4. The average Bonchev–Trinajstić information content (AvgIpc) is 3.25. The van der Waals surface area contributed by atoms with Gasteiger partial charge in [-0.15, -0.1) is 10.2 Å². The minimum Gasteiger partial charge on any atom is -0.493 e. The minimum atomic E-state index is -0.358. The van der Waals surface area contributed by atoms with Crippen molar-refractivity contribution in [2.45, 2.75) is 24.2 Å². The van der Waals surface area contributed by atoms with Gasteiger partial charge in [0.25, 0.3) is 0 Å². The van der Waals surface area contributed by atoms with Crippen molar-refractivity contribution < 1.29 is 23.7 Å². The highest BCUT2D eigenvalue weighted by Crippen LogP contribution is 2.36. The van der Waals surface area contributed by atoms with Crippen LogP contribution in [0.4, 0.5) is 0 Å². The molecule has 9 nitrogen and oxygen atoms in total. The average molecular weight is 483 g/mol. The van der Waals surface area contributed by atoms with Gasteiger partial charge in [-0.05, 0) is 41.8 Å². The van der Waals surface area contributed by atoms with Gasteiger partial charge in [-0.3, -0.25) is 4.79 Å². The summed E-state index contributed by atoms with van der Waals surface area (Å²) in [6, 6.07) is 11.5. The predicted octanol–water partition coefficient (Wildman–Crippen LogP) is 3.02. The third-order valence-corrected chi connectivity index (χ3v) is 7.07. The van der Waals surface area contributed by atoms with Crippen molar-refractivity contribution in [1.82, 2.24) is 19.7 Å². The normalized spacial score (nSPS) is 16.7. The van der Waals surface area contributed by atoms with Crippen LogP contribution in [-0.2, 0) is 24.8 Å². The summed E-state index contributed by atoms with van der Waals surface area (Å²) in [5, 5.41) is 9.25. The van der Waals surface area contributed by atoms with Gasteiger partial charge in [-0.25, -0.2) is 0 Å². The van der Waals surface area contributed by atoms with Gasteiger partial charge in [0.15, 0.2) is 40.1 Å². The van der Waals surface area contributed by atoms with Gasteiger partial charge in [-0.2, -0.15) is 0 Å². The maximum absolute atomic E-state index is 13.0. The molecule has 0 spiro atoms. The highest BCUT2D eigenvalue weighted by molar-refractivity contribution is 7.99. The van der Waals surface area contributed by atoms with E-state index in [2.05, 4.69) is 10.2 Å². The highest BCUT2D eigenvalue weighted by Gasteiger charge is 2.28. The number of nitrogens with zero attached hydrogens (tertiary/aromatic N) is 4. The summed E-state index contributed by atoms with van der Waals surface area (Å²) in [5.41, 5.74) is 2.27. The Morgan fingerprint density at radius 2 is 1.85 bits per heavy atom. The molecule has 2 aromatic carbocycles. The van der Waals surface area contributed by atoms with Crippen LogP contribution in [0.25, 0.3) is 0 Å². The Morgan fingerprint density at radius 3 is 2.62 bits per heavy atom. The summed E-state index contributed by atoms with van der Waals surface area (Å²) < 4.78 is 24.5. The zero-order valence-electron chi connectivity index (χ0n) is 19.3. The quantitative estimate of drug-likeness (QED) is 0.496. The lowest BCUT2D eigenvalue weighted by Gasteiger charge is -2.29. The van der Waals surface area contributed by atoms with Gasteiger partial charge < -0.3 is 28.4 Å². The summed E-state index contributed by atoms with van der Waals surface area (Å²) in [4.78, 5) is 14.8. The number of amides is 1. The summed E-state index contributed by atoms with van der Waals surface area (Å²) in [5.74, 6) is 3.79. The van der Waals surface area contributed by atoms with Crippen molar-refractivity contribution in [2.24, 2.45) is 7.05 Å². The zero-order chi connectivity index (χ0) is 23.7. The molecule has 1 atom stereocenters. The number of hydrogen-bond donors (Lipinski definition) is 0. The molecule has 34 heavy (non-hydrogen) atoms. The third kappa shape index (κ3) is 4.25. The fourth-order valence-electron chi connectivity index (χ4n) is 4.19. The number of rotatable bonds is 6. The van der Waals surface area contributed by atoms with Crippen LogP contribution in [0.15, 0.2) is 41.6 Å². The first-order chi connectivity index (χ1) is 16.6. The van der Waals surface area contributed by atoms with E-state index in [0.717, 1.165) is 17.7 Å². The van der Waals surface area contributed by atoms with Crippen molar-refractivity contribution in [2.75, 3.05) is 33.1 Å². The van der Waals surface area contributed by atoms with E-state index in [-0.39, 0.29) is 17.8 Å². The Morgan fingerprint density at radius 1 is 1.12 bits per heavy atom. The number of carbonyl (C=O) groups is 1. The van der Waals surface area contributed by atoms with Crippen LogP contribution < -0.4 is 18.9 Å². The molecule has 5 rings (SSSR count). The van der Waals surface area contributed by atoms with Crippen molar-refractivity contribution in [3.63, 3.8) is 0 Å². The Bertz CT molecular complexity index is 1210. The molecule has 10 heteroatoms. The topological polar surface area (TPSA) is 87.9 Å². The van der Waals surface area contributed by atoms with Gasteiger partial charge >= 0.3 is 0 Å². The Balaban J connectivity index is 1.22. The van der Waals surface area contributed by atoms with E-state index in [1.54, 1.807) is 14.2 Å². The predicted molar refractivity (Wildman–Crippen MR) is 126 cm³/mol. The highest BCUT2D eigenvalue weighted by atomic mass is 32.2. The Labute approximate surface area is 202 Å². The second-order valence-corrected chi connectivity index (χ2v) is 9.04. The molecule has 178 valence electrons. The van der Waals surface area contributed by atoms with Crippen LogP contribution in [-0.4, -0.2) is 58.7 Å². The van der Waals surface area contributed by atoms with Crippen LogP contribution in [0.1, 0.15) is 23.1 Å². The second kappa shape index (κ2) is 9.46. The molecule has 0 saturated heterocycles. The van der Waals surface area contributed by atoms with E-state index in [9.17, 15) is 4.79 Å². The van der Waals surface area contributed by atoms with E-state index in [0.29, 0.717) is 47.9 Å². The summed E-state index contributed by atoms with van der Waals surface area (Å²) in [6.45, 7) is 1.57. The van der Waals surface area contributed by atoms with Crippen molar-refractivity contribution in [1.29, 1.82) is 0 Å². The first-order valence-corrected chi connectivity index (χ1v) is 12.0.